The normalized spacial score (nSPS) is 11.9. The minimum absolute atomic E-state index is 0.611. The van der Waals surface area contributed by atoms with Crippen LogP contribution < -0.4 is 5.32 Å². The Kier molecular flexibility index (Phi) is 4.30. The van der Waals surface area contributed by atoms with Gasteiger partial charge in [-0.15, -0.1) is 0 Å². The van der Waals surface area contributed by atoms with Crippen molar-refractivity contribution >= 4 is 5.69 Å². The van der Waals surface area contributed by atoms with E-state index in [1.54, 1.807) is 0 Å². The molecule has 0 saturated heterocycles. The van der Waals surface area contributed by atoms with Crippen LogP contribution in [0.15, 0.2) is 6.07 Å². The maximum Gasteiger partial charge on any atom is 0.103 e. The van der Waals surface area contributed by atoms with Crippen LogP contribution in [0.1, 0.15) is 37.2 Å². The number of pyridine rings is 1. The third kappa shape index (κ3) is 2.96. The topological polar surface area (TPSA) is 48.7 Å². The van der Waals surface area contributed by atoms with Crippen molar-refractivity contribution in [3.8, 4) is 6.07 Å². The minimum Gasteiger partial charge on any atom is -0.384 e. The molecule has 1 aromatic heterocycles. The Bertz CT molecular complexity index is 404. The summed E-state index contributed by atoms with van der Waals surface area (Å²) in [7, 11) is 0. The van der Waals surface area contributed by atoms with Crippen molar-refractivity contribution in [2.24, 2.45) is 5.92 Å². The molecule has 0 amide bonds. The van der Waals surface area contributed by atoms with Gasteiger partial charge in [-0.1, -0.05) is 20.3 Å². The monoisotopic (exact) mass is 217 g/mol. The molecular formula is C13H19N3. The maximum absolute atomic E-state index is 9.08. The number of hydrogen-bond acceptors (Lipinski definition) is 3. The number of hydrogen-bond donors (Lipinski definition) is 1. The van der Waals surface area contributed by atoms with Crippen molar-refractivity contribution in [1.29, 1.82) is 5.26 Å². The highest BCUT2D eigenvalue weighted by Gasteiger charge is 2.08. The van der Waals surface area contributed by atoms with E-state index in [0.717, 1.165) is 30.0 Å². The lowest BCUT2D eigenvalue weighted by Crippen LogP contribution is -2.12. The van der Waals surface area contributed by atoms with Gasteiger partial charge in [0.1, 0.15) is 6.07 Å². The molecule has 86 valence electrons. The van der Waals surface area contributed by atoms with Gasteiger partial charge in [-0.2, -0.15) is 5.26 Å². The molecule has 0 aliphatic heterocycles. The summed E-state index contributed by atoms with van der Waals surface area (Å²) >= 11 is 0. The lowest BCUT2D eigenvalue weighted by atomic mass is 10.1. The highest BCUT2D eigenvalue weighted by Crippen LogP contribution is 2.19. The fourth-order valence-electron chi connectivity index (χ4n) is 1.54. The molecule has 0 bridgehead atoms. The molecule has 1 heterocycles. The summed E-state index contributed by atoms with van der Waals surface area (Å²) < 4.78 is 0. The summed E-state index contributed by atoms with van der Waals surface area (Å²) in [6.07, 6.45) is 1.14. The Hall–Kier alpha value is -1.56. The van der Waals surface area contributed by atoms with E-state index in [1.165, 1.54) is 0 Å². The van der Waals surface area contributed by atoms with Crippen LogP contribution in [0.25, 0.3) is 0 Å². The molecule has 0 aliphatic carbocycles. The average Bonchev–Trinajstić information content (AvgIpc) is 2.25. The number of nitriles is 1. The molecule has 1 unspecified atom stereocenters. The second kappa shape index (κ2) is 5.50. The first-order chi connectivity index (χ1) is 7.58. The van der Waals surface area contributed by atoms with Crippen LogP contribution in [-0.2, 0) is 0 Å². The van der Waals surface area contributed by atoms with Crippen LogP contribution in [0.4, 0.5) is 5.69 Å². The molecule has 1 N–H and O–H groups in total. The zero-order valence-corrected chi connectivity index (χ0v) is 10.5. The van der Waals surface area contributed by atoms with E-state index < -0.39 is 0 Å². The molecule has 16 heavy (non-hydrogen) atoms. The van der Waals surface area contributed by atoms with Gasteiger partial charge in [-0.05, 0) is 25.8 Å². The molecule has 0 aliphatic rings. The quantitative estimate of drug-likeness (QED) is 0.843. The SMILES string of the molecule is CCC(C)CNc1cc(C)nc(C)c1C#N. The Morgan fingerprint density at radius 2 is 2.19 bits per heavy atom. The van der Waals surface area contributed by atoms with E-state index >= 15 is 0 Å². The molecule has 1 rings (SSSR count). The van der Waals surface area contributed by atoms with Gasteiger partial charge in [-0.3, -0.25) is 4.98 Å². The molecule has 1 aromatic rings. The highest BCUT2D eigenvalue weighted by molar-refractivity contribution is 5.59. The standard InChI is InChI=1S/C13H19N3/c1-5-9(2)8-15-13-6-10(3)16-11(4)12(13)7-14/h6,9H,5,8H2,1-4H3,(H,15,16). The van der Waals surface area contributed by atoms with Gasteiger partial charge in [0, 0.05) is 12.2 Å². The summed E-state index contributed by atoms with van der Waals surface area (Å²) in [6, 6.07) is 4.15. The van der Waals surface area contributed by atoms with Gasteiger partial charge < -0.3 is 5.32 Å². The second-order valence-electron chi connectivity index (χ2n) is 4.28. The predicted octanol–water partition coefficient (Wildman–Crippen LogP) is 3.03. The minimum atomic E-state index is 0.611. The van der Waals surface area contributed by atoms with Crippen molar-refractivity contribution in [3.63, 3.8) is 0 Å². The molecule has 0 radical (unpaired) electrons. The van der Waals surface area contributed by atoms with Crippen molar-refractivity contribution in [2.45, 2.75) is 34.1 Å². The van der Waals surface area contributed by atoms with E-state index in [4.69, 9.17) is 5.26 Å². The number of aromatic nitrogens is 1. The van der Waals surface area contributed by atoms with Gasteiger partial charge >= 0.3 is 0 Å². The Morgan fingerprint density at radius 1 is 1.50 bits per heavy atom. The van der Waals surface area contributed by atoms with Crippen LogP contribution in [0.3, 0.4) is 0 Å². The summed E-state index contributed by atoms with van der Waals surface area (Å²) in [4.78, 5) is 4.29. The predicted molar refractivity (Wildman–Crippen MR) is 66.4 cm³/mol. The smallest absolute Gasteiger partial charge is 0.103 e. The zero-order valence-electron chi connectivity index (χ0n) is 10.5. The number of nitrogens with zero attached hydrogens (tertiary/aromatic N) is 2. The summed E-state index contributed by atoms with van der Waals surface area (Å²) in [5, 5.41) is 12.4. The molecule has 3 nitrogen and oxygen atoms in total. The number of anilines is 1. The van der Waals surface area contributed by atoms with Gasteiger partial charge in [0.05, 0.1) is 16.9 Å². The molecular weight excluding hydrogens is 198 g/mol. The third-order valence-corrected chi connectivity index (χ3v) is 2.78. The van der Waals surface area contributed by atoms with Crippen molar-refractivity contribution in [2.75, 3.05) is 11.9 Å². The Balaban J connectivity index is 2.91. The summed E-state index contributed by atoms with van der Waals surface area (Å²) in [5.74, 6) is 0.611. The summed E-state index contributed by atoms with van der Waals surface area (Å²) in [6.45, 7) is 9.08. The zero-order chi connectivity index (χ0) is 12.1. The second-order valence-corrected chi connectivity index (χ2v) is 4.28. The molecule has 0 spiro atoms. The van der Waals surface area contributed by atoms with E-state index in [1.807, 2.05) is 19.9 Å². The van der Waals surface area contributed by atoms with Gasteiger partial charge in [0.25, 0.3) is 0 Å². The first kappa shape index (κ1) is 12.5. The first-order valence-corrected chi connectivity index (χ1v) is 5.70. The molecule has 0 fully saturated rings. The van der Waals surface area contributed by atoms with E-state index in [2.05, 4.69) is 30.2 Å². The van der Waals surface area contributed by atoms with E-state index in [-0.39, 0.29) is 0 Å². The molecule has 1 atom stereocenters. The van der Waals surface area contributed by atoms with Gasteiger partial charge in [-0.25, -0.2) is 0 Å². The third-order valence-electron chi connectivity index (χ3n) is 2.78. The Labute approximate surface area is 97.5 Å². The van der Waals surface area contributed by atoms with Crippen molar-refractivity contribution in [3.05, 3.63) is 23.0 Å². The maximum atomic E-state index is 9.08. The molecule has 0 saturated carbocycles. The van der Waals surface area contributed by atoms with Crippen LogP contribution in [0.2, 0.25) is 0 Å². The van der Waals surface area contributed by atoms with Crippen molar-refractivity contribution in [1.82, 2.24) is 4.98 Å². The highest BCUT2D eigenvalue weighted by atomic mass is 14.9. The van der Waals surface area contributed by atoms with Crippen LogP contribution in [-0.4, -0.2) is 11.5 Å². The number of rotatable bonds is 4. The number of aryl methyl sites for hydroxylation is 2. The molecule has 0 aromatic carbocycles. The van der Waals surface area contributed by atoms with Crippen LogP contribution in [0.5, 0.6) is 0 Å². The van der Waals surface area contributed by atoms with Crippen LogP contribution >= 0.6 is 0 Å². The van der Waals surface area contributed by atoms with E-state index in [0.29, 0.717) is 11.5 Å². The average molecular weight is 217 g/mol. The molecule has 3 heteroatoms. The lowest BCUT2D eigenvalue weighted by molar-refractivity contribution is 0.593. The van der Waals surface area contributed by atoms with Crippen molar-refractivity contribution < 1.29 is 0 Å². The fraction of sp³-hybridized carbons (Fsp3) is 0.538. The number of nitrogens with one attached hydrogen (secondary N) is 1. The Morgan fingerprint density at radius 3 is 2.75 bits per heavy atom. The van der Waals surface area contributed by atoms with Gasteiger partial charge in [0.15, 0.2) is 0 Å². The first-order valence-electron chi connectivity index (χ1n) is 5.70. The lowest BCUT2D eigenvalue weighted by Gasteiger charge is -2.14. The fourth-order valence-corrected chi connectivity index (χ4v) is 1.54. The van der Waals surface area contributed by atoms with Gasteiger partial charge in [0.2, 0.25) is 0 Å². The van der Waals surface area contributed by atoms with E-state index in [9.17, 15) is 0 Å². The van der Waals surface area contributed by atoms with Crippen LogP contribution in [0, 0.1) is 31.1 Å². The summed E-state index contributed by atoms with van der Waals surface area (Å²) in [5.41, 5.74) is 3.32. The largest absolute Gasteiger partial charge is 0.384 e.